The predicted molar refractivity (Wildman–Crippen MR) is 109 cm³/mol. The number of nitrogens with zero attached hydrogens (tertiary/aromatic N) is 5. The van der Waals surface area contributed by atoms with Gasteiger partial charge in [0.2, 0.25) is 10.8 Å². The molecule has 9 nitrogen and oxygen atoms in total. The molecule has 0 saturated heterocycles. The molecule has 1 N–H and O–H groups in total. The lowest BCUT2D eigenvalue weighted by Gasteiger charge is -2.11. The fourth-order valence-electron chi connectivity index (χ4n) is 2.96. The lowest BCUT2D eigenvalue weighted by atomic mass is 10.2. The third-order valence-corrected chi connectivity index (χ3v) is 5.61. The minimum atomic E-state index is -0.511. The zero-order valence-electron chi connectivity index (χ0n) is 15.4. The van der Waals surface area contributed by atoms with Gasteiger partial charge in [-0.15, -0.1) is 10.2 Å². The molecule has 3 heterocycles. The van der Waals surface area contributed by atoms with Crippen molar-refractivity contribution in [2.45, 2.75) is 11.8 Å². The smallest absolute Gasteiger partial charge is 0.437 e. The van der Waals surface area contributed by atoms with Crippen LogP contribution in [0.15, 0.2) is 74.2 Å². The van der Waals surface area contributed by atoms with Gasteiger partial charge in [-0.25, -0.2) is 4.79 Å². The van der Waals surface area contributed by atoms with E-state index in [1.165, 1.54) is 11.8 Å². The van der Waals surface area contributed by atoms with Crippen molar-refractivity contribution in [3.8, 4) is 11.4 Å². The van der Waals surface area contributed by atoms with Gasteiger partial charge in [-0.3, -0.25) is 4.52 Å². The summed E-state index contributed by atoms with van der Waals surface area (Å²) in [6.45, 7) is 0.120. The standard InChI is InChI=1S/C19H13ClN6O3S/c20-13-8-4-5-9-15(13)28-10-16-21-22-19-26(16)23-14(11-30-19)17-18(27)29-24-25(17)12-6-2-1-3-7-12/h1-9H,10-11H2/p+1. The van der Waals surface area contributed by atoms with E-state index in [1.54, 1.807) is 21.5 Å². The van der Waals surface area contributed by atoms with E-state index in [1.807, 2.05) is 42.5 Å². The van der Waals surface area contributed by atoms with Gasteiger partial charge in [0.25, 0.3) is 0 Å². The molecule has 0 radical (unpaired) electrons. The van der Waals surface area contributed by atoms with Gasteiger partial charge in [-0.2, -0.15) is 9.78 Å². The van der Waals surface area contributed by atoms with Gasteiger partial charge in [0, 0.05) is 12.1 Å². The van der Waals surface area contributed by atoms with Crippen LogP contribution in [0, 0.1) is 0 Å². The number of ether oxygens (including phenoxy) is 1. The Balaban J connectivity index is 1.49. The number of halogens is 1. The van der Waals surface area contributed by atoms with Crippen LogP contribution in [0.25, 0.3) is 5.69 Å². The highest BCUT2D eigenvalue weighted by Crippen LogP contribution is 2.26. The topological polar surface area (TPSA) is 102 Å². The number of para-hydroxylation sites is 2. The first-order valence-electron chi connectivity index (χ1n) is 8.92. The van der Waals surface area contributed by atoms with Crippen LogP contribution < -0.4 is 15.0 Å². The number of nitrogens with one attached hydrogen (secondary N) is 1. The highest BCUT2D eigenvalue weighted by molar-refractivity contribution is 7.99. The Kier molecular flexibility index (Phi) is 4.85. The number of fused-ring (bicyclic) bond motifs is 1. The molecule has 0 saturated carbocycles. The molecule has 1 aliphatic rings. The summed E-state index contributed by atoms with van der Waals surface area (Å²) in [4.78, 5) is 12.4. The molecule has 0 fully saturated rings. The molecule has 4 aromatic rings. The van der Waals surface area contributed by atoms with Crippen molar-refractivity contribution in [1.29, 1.82) is 0 Å². The number of aromatic amines is 1. The average Bonchev–Trinajstić information content (AvgIpc) is 3.36. The molecule has 0 aliphatic carbocycles. The van der Waals surface area contributed by atoms with E-state index in [0.29, 0.717) is 38.9 Å². The Morgan fingerprint density at radius 2 is 1.97 bits per heavy atom. The Hall–Kier alpha value is -3.37. The number of hydrogen-bond donors (Lipinski definition) is 1. The maximum atomic E-state index is 12.4. The normalized spacial score (nSPS) is 13.0. The van der Waals surface area contributed by atoms with E-state index in [4.69, 9.17) is 20.9 Å². The molecule has 2 aromatic carbocycles. The molecule has 11 heteroatoms. The Morgan fingerprint density at radius 3 is 2.80 bits per heavy atom. The van der Waals surface area contributed by atoms with Crippen molar-refractivity contribution in [3.05, 3.63) is 81.6 Å². The van der Waals surface area contributed by atoms with E-state index in [0.717, 1.165) is 5.69 Å². The Bertz CT molecular complexity index is 1300. The van der Waals surface area contributed by atoms with E-state index in [-0.39, 0.29) is 6.61 Å². The van der Waals surface area contributed by atoms with Crippen molar-refractivity contribution in [3.63, 3.8) is 0 Å². The van der Waals surface area contributed by atoms with E-state index in [2.05, 4.69) is 20.6 Å². The van der Waals surface area contributed by atoms with Gasteiger partial charge < -0.3 is 4.74 Å². The number of H-pyrrole nitrogens is 1. The molecule has 2 aromatic heterocycles. The summed E-state index contributed by atoms with van der Waals surface area (Å²) >= 11 is 7.56. The maximum Gasteiger partial charge on any atom is 0.437 e. The van der Waals surface area contributed by atoms with Gasteiger partial charge >= 0.3 is 11.3 Å². The summed E-state index contributed by atoms with van der Waals surface area (Å²) in [6, 6.07) is 16.5. The van der Waals surface area contributed by atoms with E-state index < -0.39 is 5.63 Å². The minimum absolute atomic E-state index is 0.120. The first-order chi connectivity index (χ1) is 14.7. The summed E-state index contributed by atoms with van der Waals surface area (Å²) in [5, 5.41) is 16.7. The highest BCUT2D eigenvalue weighted by atomic mass is 35.5. The molecule has 30 heavy (non-hydrogen) atoms. The number of thioether (sulfide) groups is 1. The van der Waals surface area contributed by atoms with Crippen LogP contribution in [0.4, 0.5) is 0 Å². The van der Waals surface area contributed by atoms with Crippen molar-refractivity contribution >= 4 is 29.1 Å². The number of rotatable bonds is 5. The summed E-state index contributed by atoms with van der Waals surface area (Å²) in [5.41, 5.74) is 1.09. The summed E-state index contributed by atoms with van der Waals surface area (Å²) in [6.07, 6.45) is 0. The molecular weight excluding hydrogens is 428 g/mol. The van der Waals surface area contributed by atoms with E-state index in [9.17, 15) is 4.79 Å². The van der Waals surface area contributed by atoms with Crippen LogP contribution in [0.1, 0.15) is 11.5 Å². The molecule has 0 amide bonds. The average molecular weight is 442 g/mol. The minimum Gasteiger partial charge on any atom is -0.484 e. The Morgan fingerprint density at radius 1 is 1.17 bits per heavy atom. The fourth-order valence-corrected chi connectivity index (χ4v) is 3.97. The van der Waals surface area contributed by atoms with Crippen molar-refractivity contribution in [2.24, 2.45) is 5.10 Å². The molecule has 0 unspecified atom stereocenters. The van der Waals surface area contributed by atoms with Crippen molar-refractivity contribution in [2.75, 3.05) is 5.75 Å². The zero-order valence-corrected chi connectivity index (χ0v) is 16.9. The van der Waals surface area contributed by atoms with E-state index >= 15 is 0 Å². The second kappa shape index (κ2) is 7.81. The van der Waals surface area contributed by atoms with Gasteiger partial charge in [-0.1, -0.05) is 53.7 Å². The second-order valence-electron chi connectivity index (χ2n) is 6.27. The van der Waals surface area contributed by atoms with Crippen molar-refractivity contribution in [1.82, 2.24) is 20.1 Å². The van der Waals surface area contributed by atoms with Crippen LogP contribution in [0.5, 0.6) is 5.75 Å². The van der Waals surface area contributed by atoms with Gasteiger partial charge in [0.15, 0.2) is 11.5 Å². The summed E-state index contributed by atoms with van der Waals surface area (Å²) < 4.78 is 13.9. The van der Waals surface area contributed by atoms with Crippen LogP contribution in [0.2, 0.25) is 5.02 Å². The summed E-state index contributed by atoms with van der Waals surface area (Å²) in [5.74, 6) is 1.47. The van der Waals surface area contributed by atoms with Crippen molar-refractivity contribution < 1.29 is 13.9 Å². The van der Waals surface area contributed by atoms with Crippen LogP contribution >= 0.6 is 23.4 Å². The second-order valence-corrected chi connectivity index (χ2v) is 7.62. The molecule has 0 spiro atoms. The van der Waals surface area contributed by atoms with Crippen LogP contribution in [-0.2, 0) is 6.61 Å². The number of benzene rings is 2. The quantitative estimate of drug-likeness (QED) is 0.477. The zero-order chi connectivity index (χ0) is 20.5. The lowest BCUT2D eigenvalue weighted by Crippen LogP contribution is -2.42. The maximum absolute atomic E-state index is 12.4. The summed E-state index contributed by atoms with van der Waals surface area (Å²) in [7, 11) is 0. The Labute approximate surface area is 178 Å². The van der Waals surface area contributed by atoms with Crippen LogP contribution in [-0.4, -0.2) is 31.6 Å². The number of hydrogen-bond acceptors (Lipinski definition) is 7. The lowest BCUT2D eigenvalue weighted by molar-refractivity contribution is -0.671. The molecular formula is C19H14ClN6O3S+. The number of aromatic nitrogens is 5. The largest absolute Gasteiger partial charge is 0.484 e. The predicted octanol–water partition coefficient (Wildman–Crippen LogP) is 2.43. The third-order valence-electron chi connectivity index (χ3n) is 4.36. The SMILES string of the molecule is O=c1o[nH][n+](-c2ccccc2)c1C1=Nn2c(COc3ccccc3Cl)nnc2SC1. The van der Waals surface area contributed by atoms with Gasteiger partial charge in [0.05, 0.1) is 10.8 Å². The first-order valence-corrected chi connectivity index (χ1v) is 10.3. The first kappa shape index (κ1) is 18.6. The molecule has 1 aliphatic heterocycles. The van der Waals surface area contributed by atoms with Crippen LogP contribution in [0.3, 0.4) is 0 Å². The monoisotopic (exact) mass is 441 g/mol. The molecule has 150 valence electrons. The molecule has 0 bridgehead atoms. The fraction of sp³-hybridized carbons (Fsp3) is 0.105. The van der Waals surface area contributed by atoms with Gasteiger partial charge in [0.1, 0.15) is 12.4 Å². The highest BCUT2D eigenvalue weighted by Gasteiger charge is 2.32. The molecule has 0 atom stereocenters. The third kappa shape index (κ3) is 3.40. The molecule has 5 rings (SSSR count). The van der Waals surface area contributed by atoms with Gasteiger partial charge in [-0.05, 0) is 22.1 Å².